The van der Waals surface area contributed by atoms with Crippen LogP contribution < -0.4 is 11.2 Å². The van der Waals surface area contributed by atoms with Crippen molar-refractivity contribution in [3.8, 4) is 0 Å². The molecule has 6 heteroatoms. The van der Waals surface area contributed by atoms with Gasteiger partial charge in [-0.05, 0) is 26.0 Å². The Balaban J connectivity index is 1.65. The lowest BCUT2D eigenvalue weighted by Crippen LogP contribution is -2.46. The van der Waals surface area contributed by atoms with Crippen LogP contribution in [-0.4, -0.2) is 48.9 Å². The van der Waals surface area contributed by atoms with Crippen LogP contribution in [0.15, 0.2) is 6.07 Å². The van der Waals surface area contributed by atoms with Gasteiger partial charge in [-0.3, -0.25) is 4.79 Å². The third-order valence-corrected chi connectivity index (χ3v) is 4.77. The van der Waals surface area contributed by atoms with Crippen molar-refractivity contribution in [2.45, 2.75) is 12.8 Å². The summed E-state index contributed by atoms with van der Waals surface area (Å²) in [5, 5.41) is 3.17. The Bertz CT molecular complexity index is 475. The number of rotatable bonds is 4. The fourth-order valence-corrected chi connectivity index (χ4v) is 3.28. The van der Waals surface area contributed by atoms with Gasteiger partial charge in [0.05, 0.1) is 10.6 Å². The van der Waals surface area contributed by atoms with Crippen LogP contribution in [0.2, 0.25) is 0 Å². The van der Waals surface area contributed by atoms with E-state index in [0.717, 1.165) is 48.9 Å². The molecular weight excluding hydrogens is 260 g/mol. The average molecular weight is 280 g/mol. The van der Waals surface area contributed by atoms with Gasteiger partial charge in [0.1, 0.15) is 5.00 Å². The minimum Gasteiger partial charge on any atom is -0.397 e. The van der Waals surface area contributed by atoms with Gasteiger partial charge in [0.25, 0.3) is 0 Å². The van der Waals surface area contributed by atoms with Crippen molar-refractivity contribution in [1.29, 1.82) is 0 Å². The molecule has 0 amide bonds. The molecule has 1 aliphatic carbocycles. The molecule has 0 aromatic carbocycles. The maximum Gasteiger partial charge on any atom is 0.178 e. The van der Waals surface area contributed by atoms with Crippen LogP contribution in [0.25, 0.3) is 0 Å². The lowest BCUT2D eigenvalue weighted by molar-refractivity contribution is 0.0972. The van der Waals surface area contributed by atoms with Gasteiger partial charge in [0.15, 0.2) is 5.78 Å². The van der Waals surface area contributed by atoms with E-state index in [4.69, 9.17) is 5.73 Å². The van der Waals surface area contributed by atoms with E-state index in [-0.39, 0.29) is 11.7 Å². The lowest BCUT2D eigenvalue weighted by Gasteiger charge is -2.32. The van der Waals surface area contributed by atoms with E-state index in [1.807, 2.05) is 6.07 Å². The van der Waals surface area contributed by atoms with Gasteiger partial charge in [-0.1, -0.05) is 0 Å². The Morgan fingerprint density at radius 3 is 2.68 bits per heavy atom. The van der Waals surface area contributed by atoms with Crippen molar-refractivity contribution in [2.24, 2.45) is 5.92 Å². The summed E-state index contributed by atoms with van der Waals surface area (Å²) < 4.78 is 0. The normalized spacial score (nSPS) is 21.5. The highest BCUT2D eigenvalue weighted by Crippen LogP contribution is 2.38. The predicted molar refractivity (Wildman–Crippen MR) is 78.5 cm³/mol. The van der Waals surface area contributed by atoms with E-state index in [2.05, 4.69) is 22.4 Å². The van der Waals surface area contributed by atoms with Crippen molar-refractivity contribution in [1.82, 2.24) is 9.91 Å². The standard InChI is InChI=1S/C13H20N4OS/c1-16-4-6-17(7-5-16)15-11-8-10(14)13(19-11)12(18)9-2-3-9/h8-9,15H,2-7,14H2,1H3. The zero-order chi connectivity index (χ0) is 13.4. The number of ketones is 1. The molecule has 0 atom stereocenters. The van der Waals surface area contributed by atoms with Crippen molar-refractivity contribution < 1.29 is 4.79 Å². The van der Waals surface area contributed by atoms with Crippen molar-refractivity contribution in [3.63, 3.8) is 0 Å². The Kier molecular flexibility index (Phi) is 3.47. The number of carbonyl (C=O) groups excluding carboxylic acids is 1. The third kappa shape index (κ3) is 2.91. The van der Waals surface area contributed by atoms with Gasteiger partial charge in [-0.25, -0.2) is 5.01 Å². The predicted octanol–water partition coefficient (Wildman–Crippen LogP) is 1.50. The summed E-state index contributed by atoms with van der Waals surface area (Å²) >= 11 is 1.49. The Morgan fingerprint density at radius 2 is 2.05 bits per heavy atom. The van der Waals surface area contributed by atoms with Gasteiger partial charge in [0.2, 0.25) is 0 Å². The molecule has 1 aromatic rings. The van der Waals surface area contributed by atoms with Gasteiger partial charge in [-0.2, -0.15) is 0 Å². The largest absolute Gasteiger partial charge is 0.397 e. The zero-order valence-electron chi connectivity index (χ0n) is 11.2. The van der Waals surface area contributed by atoms with E-state index in [0.29, 0.717) is 5.69 Å². The highest BCUT2D eigenvalue weighted by atomic mass is 32.1. The first-order valence-corrected chi connectivity index (χ1v) is 7.59. The number of hydrazine groups is 1. The molecule has 2 heterocycles. The molecule has 2 aliphatic rings. The summed E-state index contributed by atoms with van der Waals surface area (Å²) in [6.07, 6.45) is 2.05. The molecule has 3 N–H and O–H groups in total. The average Bonchev–Trinajstić information content (AvgIpc) is 3.16. The highest BCUT2D eigenvalue weighted by molar-refractivity contribution is 7.18. The smallest absolute Gasteiger partial charge is 0.178 e. The zero-order valence-corrected chi connectivity index (χ0v) is 12.0. The highest BCUT2D eigenvalue weighted by Gasteiger charge is 2.32. The molecule has 1 saturated carbocycles. The number of likely N-dealkylation sites (N-methyl/N-ethyl adjacent to an activating group) is 1. The summed E-state index contributed by atoms with van der Waals surface area (Å²) in [6, 6.07) is 1.89. The molecule has 0 radical (unpaired) electrons. The number of carbonyl (C=O) groups is 1. The number of hydrogen-bond acceptors (Lipinski definition) is 6. The summed E-state index contributed by atoms with van der Waals surface area (Å²) in [7, 11) is 2.13. The van der Waals surface area contributed by atoms with Crippen LogP contribution in [0.3, 0.4) is 0 Å². The van der Waals surface area contributed by atoms with E-state index in [1.54, 1.807) is 0 Å². The van der Waals surface area contributed by atoms with E-state index in [1.165, 1.54) is 11.3 Å². The Morgan fingerprint density at radius 1 is 1.37 bits per heavy atom. The monoisotopic (exact) mass is 280 g/mol. The molecule has 1 aliphatic heterocycles. The lowest BCUT2D eigenvalue weighted by atomic mass is 10.2. The number of nitrogen functional groups attached to an aromatic ring is 1. The first-order valence-electron chi connectivity index (χ1n) is 6.77. The van der Waals surface area contributed by atoms with E-state index < -0.39 is 0 Å². The van der Waals surface area contributed by atoms with Crippen molar-refractivity contribution >= 4 is 27.8 Å². The molecular formula is C13H20N4OS. The molecule has 5 nitrogen and oxygen atoms in total. The molecule has 2 fully saturated rings. The number of nitrogens with two attached hydrogens (primary N) is 1. The fourth-order valence-electron chi connectivity index (χ4n) is 2.26. The summed E-state index contributed by atoms with van der Waals surface area (Å²) in [5.74, 6) is 0.464. The van der Waals surface area contributed by atoms with Crippen LogP contribution in [-0.2, 0) is 0 Å². The second-order valence-electron chi connectivity index (χ2n) is 5.44. The van der Waals surface area contributed by atoms with Crippen LogP contribution in [0, 0.1) is 5.92 Å². The number of nitrogens with one attached hydrogen (secondary N) is 1. The van der Waals surface area contributed by atoms with Gasteiger partial charge < -0.3 is 16.1 Å². The topological polar surface area (TPSA) is 61.6 Å². The van der Waals surface area contributed by atoms with Crippen molar-refractivity contribution in [3.05, 3.63) is 10.9 Å². The number of anilines is 2. The van der Waals surface area contributed by atoms with Gasteiger partial charge >= 0.3 is 0 Å². The first-order chi connectivity index (χ1) is 9.13. The van der Waals surface area contributed by atoms with Gasteiger partial charge in [-0.15, -0.1) is 11.3 Å². The number of thiophene rings is 1. The number of nitrogens with zero attached hydrogens (tertiary/aromatic N) is 2. The number of hydrogen-bond donors (Lipinski definition) is 2. The molecule has 1 saturated heterocycles. The maximum absolute atomic E-state index is 12.1. The summed E-state index contributed by atoms with van der Waals surface area (Å²) in [5.41, 5.74) is 9.95. The number of piperazine rings is 1. The molecule has 104 valence electrons. The minimum absolute atomic E-state index is 0.230. The number of Topliss-reactive ketones (excluding diaryl/α,β-unsaturated/α-hetero) is 1. The summed E-state index contributed by atoms with van der Waals surface area (Å²) in [6.45, 7) is 4.09. The second kappa shape index (κ2) is 5.11. The van der Waals surface area contributed by atoms with E-state index in [9.17, 15) is 4.79 Å². The minimum atomic E-state index is 0.230. The second-order valence-corrected chi connectivity index (χ2v) is 6.49. The SMILES string of the molecule is CN1CCN(Nc2cc(N)c(C(=O)C3CC3)s2)CC1. The molecule has 3 rings (SSSR count). The van der Waals surface area contributed by atoms with Crippen LogP contribution in [0.4, 0.5) is 10.7 Å². The van der Waals surface area contributed by atoms with Crippen LogP contribution in [0.5, 0.6) is 0 Å². The van der Waals surface area contributed by atoms with Gasteiger partial charge in [0, 0.05) is 32.1 Å². The van der Waals surface area contributed by atoms with Crippen LogP contribution >= 0.6 is 11.3 Å². The molecule has 0 spiro atoms. The first kappa shape index (κ1) is 12.9. The Labute approximate surface area is 117 Å². The van der Waals surface area contributed by atoms with E-state index >= 15 is 0 Å². The maximum atomic E-state index is 12.1. The van der Waals surface area contributed by atoms with Crippen molar-refractivity contribution in [2.75, 3.05) is 44.4 Å². The third-order valence-electron chi connectivity index (χ3n) is 3.70. The molecule has 1 aromatic heterocycles. The fraction of sp³-hybridized carbons (Fsp3) is 0.615. The Hall–Kier alpha value is -1.11. The summed E-state index contributed by atoms with van der Waals surface area (Å²) in [4.78, 5) is 15.1. The molecule has 0 unspecified atom stereocenters. The molecule has 0 bridgehead atoms. The van der Waals surface area contributed by atoms with Crippen LogP contribution in [0.1, 0.15) is 22.5 Å². The quantitative estimate of drug-likeness (QED) is 0.818. The molecule has 19 heavy (non-hydrogen) atoms.